The molecule has 0 aliphatic carbocycles. The molecule has 0 bridgehead atoms. The highest BCUT2D eigenvalue weighted by Crippen LogP contribution is 2.19. The van der Waals surface area contributed by atoms with E-state index >= 15 is 0 Å². The van der Waals surface area contributed by atoms with E-state index in [1.807, 2.05) is 0 Å². The molecule has 0 radical (unpaired) electrons. The van der Waals surface area contributed by atoms with Crippen LogP contribution in [-0.4, -0.2) is 17.2 Å². The first-order chi connectivity index (χ1) is 5.72. The van der Waals surface area contributed by atoms with E-state index in [2.05, 4.69) is 14.2 Å². The third-order valence-electron chi connectivity index (χ3n) is 1.06. The lowest BCUT2D eigenvalue weighted by Gasteiger charge is -1.83. The van der Waals surface area contributed by atoms with Gasteiger partial charge in [-0.3, -0.25) is 0 Å². The molecular weight excluding hydrogens is 185 g/mol. The zero-order valence-electron chi connectivity index (χ0n) is 6.26. The van der Waals surface area contributed by atoms with E-state index in [4.69, 9.17) is 9.63 Å². The second-order valence-electron chi connectivity index (χ2n) is 1.85. The highest BCUT2D eigenvalue weighted by Gasteiger charge is 2.14. The molecule has 1 N–H and O–H groups in total. The van der Waals surface area contributed by atoms with Crippen molar-refractivity contribution >= 4 is 8.25 Å². The van der Waals surface area contributed by atoms with Crippen molar-refractivity contribution in [1.29, 1.82) is 0 Å². The summed E-state index contributed by atoms with van der Waals surface area (Å²) in [5, 5.41) is 3.46. The summed E-state index contributed by atoms with van der Waals surface area (Å²) in [7, 11) is -1.16. The normalized spacial score (nSPS) is 11.3. The van der Waals surface area contributed by atoms with Gasteiger partial charge < -0.3 is 9.26 Å². The SMILES string of the molecule is COc1cc(CO[P+](=O)O)on1. The summed E-state index contributed by atoms with van der Waals surface area (Å²) in [6, 6.07) is 1.47. The van der Waals surface area contributed by atoms with Crippen LogP contribution in [0.3, 0.4) is 0 Å². The molecule has 0 aliphatic rings. The van der Waals surface area contributed by atoms with Crippen LogP contribution in [0.5, 0.6) is 5.88 Å². The highest BCUT2D eigenvalue weighted by atomic mass is 31.1. The summed E-state index contributed by atoms with van der Waals surface area (Å²) in [4.78, 5) is 8.27. The van der Waals surface area contributed by atoms with Crippen LogP contribution in [0.1, 0.15) is 5.76 Å². The molecule has 0 aromatic carbocycles. The standard InChI is InChI=1S/C5H6NO5P/c1-9-5-2-4(11-6-5)3-10-12(7)8/h2H,3H2,1H3/p+1. The minimum Gasteiger partial charge on any atom is -0.479 e. The number of methoxy groups -OCH3 is 1. The predicted molar refractivity (Wildman–Crippen MR) is 37.7 cm³/mol. The van der Waals surface area contributed by atoms with E-state index < -0.39 is 8.25 Å². The summed E-state index contributed by atoms with van der Waals surface area (Å²) < 4.78 is 23.8. The average Bonchev–Trinajstić information content (AvgIpc) is 2.48. The molecule has 12 heavy (non-hydrogen) atoms. The topological polar surface area (TPSA) is 81.8 Å². The van der Waals surface area contributed by atoms with E-state index in [1.54, 1.807) is 0 Å². The van der Waals surface area contributed by atoms with Crippen molar-refractivity contribution in [2.75, 3.05) is 7.11 Å². The molecule has 1 unspecified atom stereocenters. The number of hydrogen-bond donors (Lipinski definition) is 1. The van der Waals surface area contributed by atoms with Gasteiger partial charge in [-0.25, -0.2) is 0 Å². The van der Waals surface area contributed by atoms with Crippen LogP contribution in [0.15, 0.2) is 10.6 Å². The van der Waals surface area contributed by atoms with Crippen LogP contribution in [-0.2, 0) is 15.7 Å². The van der Waals surface area contributed by atoms with E-state index in [9.17, 15) is 4.57 Å². The second-order valence-corrected chi connectivity index (χ2v) is 2.58. The molecule has 1 rings (SSSR count). The molecule has 1 heterocycles. The predicted octanol–water partition coefficient (Wildman–Crippen LogP) is 0.849. The van der Waals surface area contributed by atoms with Crippen molar-refractivity contribution in [3.8, 4) is 5.88 Å². The smallest absolute Gasteiger partial charge is 0.479 e. The Morgan fingerprint density at radius 1 is 1.83 bits per heavy atom. The van der Waals surface area contributed by atoms with Crippen molar-refractivity contribution in [1.82, 2.24) is 5.16 Å². The van der Waals surface area contributed by atoms with Gasteiger partial charge in [0.2, 0.25) is 0 Å². The fourth-order valence-electron chi connectivity index (χ4n) is 0.577. The maximum Gasteiger partial charge on any atom is 0.695 e. The number of rotatable bonds is 4. The van der Waals surface area contributed by atoms with Crippen molar-refractivity contribution < 1.29 is 23.2 Å². The van der Waals surface area contributed by atoms with Gasteiger partial charge in [0.1, 0.15) is 0 Å². The second kappa shape index (κ2) is 4.15. The Labute approximate surface area is 69.0 Å². The van der Waals surface area contributed by atoms with Gasteiger partial charge in [0.05, 0.1) is 7.11 Å². The molecule has 7 heteroatoms. The minimum atomic E-state index is -2.60. The Morgan fingerprint density at radius 3 is 3.08 bits per heavy atom. The summed E-state index contributed by atoms with van der Waals surface area (Å²) in [6.45, 7) is -0.0952. The zero-order chi connectivity index (χ0) is 8.97. The van der Waals surface area contributed by atoms with Gasteiger partial charge in [0.15, 0.2) is 12.4 Å². The van der Waals surface area contributed by atoms with Gasteiger partial charge in [-0.2, -0.15) is 0 Å². The van der Waals surface area contributed by atoms with Gasteiger partial charge in [0, 0.05) is 10.6 Å². The van der Waals surface area contributed by atoms with Crippen LogP contribution >= 0.6 is 8.25 Å². The Morgan fingerprint density at radius 2 is 2.58 bits per heavy atom. The monoisotopic (exact) mass is 192 g/mol. The molecule has 0 spiro atoms. The van der Waals surface area contributed by atoms with Crippen molar-refractivity contribution in [3.63, 3.8) is 0 Å². The first-order valence-electron chi connectivity index (χ1n) is 3.01. The summed E-state index contributed by atoms with van der Waals surface area (Å²) in [5.41, 5.74) is 0. The van der Waals surface area contributed by atoms with Crippen molar-refractivity contribution in [2.24, 2.45) is 0 Å². The first kappa shape index (κ1) is 9.12. The van der Waals surface area contributed by atoms with Gasteiger partial charge in [-0.05, 0) is 5.16 Å². The fourth-order valence-corrected chi connectivity index (χ4v) is 0.815. The first-order valence-corrected chi connectivity index (χ1v) is 4.14. The lowest BCUT2D eigenvalue weighted by molar-refractivity contribution is 0.229. The van der Waals surface area contributed by atoms with Crippen LogP contribution in [0.4, 0.5) is 0 Å². The van der Waals surface area contributed by atoms with Crippen LogP contribution in [0, 0.1) is 0 Å². The molecule has 66 valence electrons. The Bertz CT molecular complexity index is 273. The molecule has 1 aromatic heterocycles. The maximum atomic E-state index is 10.1. The van der Waals surface area contributed by atoms with Gasteiger partial charge in [-0.1, -0.05) is 0 Å². The van der Waals surface area contributed by atoms with Crippen LogP contribution in [0.2, 0.25) is 0 Å². The van der Waals surface area contributed by atoms with Crippen molar-refractivity contribution in [3.05, 3.63) is 11.8 Å². The van der Waals surface area contributed by atoms with Gasteiger partial charge in [-0.15, -0.1) is 9.42 Å². The van der Waals surface area contributed by atoms with Crippen LogP contribution < -0.4 is 4.74 Å². The van der Waals surface area contributed by atoms with Gasteiger partial charge in [0.25, 0.3) is 5.88 Å². The van der Waals surface area contributed by atoms with E-state index in [-0.39, 0.29) is 6.61 Å². The van der Waals surface area contributed by atoms with E-state index in [1.165, 1.54) is 13.2 Å². The van der Waals surface area contributed by atoms with Gasteiger partial charge >= 0.3 is 8.25 Å². The molecule has 0 saturated heterocycles. The largest absolute Gasteiger partial charge is 0.695 e. The summed E-state index contributed by atoms with van der Waals surface area (Å²) in [6.07, 6.45) is 0. The number of ether oxygens (including phenoxy) is 1. The molecular formula is C5H7NO5P+. The minimum absolute atomic E-state index is 0.0952. The lowest BCUT2D eigenvalue weighted by Crippen LogP contribution is -1.81. The Balaban J connectivity index is 2.47. The highest BCUT2D eigenvalue weighted by molar-refractivity contribution is 7.32. The summed E-state index contributed by atoms with van der Waals surface area (Å²) in [5.74, 6) is 0.644. The average molecular weight is 192 g/mol. The number of hydrogen-bond acceptors (Lipinski definition) is 5. The lowest BCUT2D eigenvalue weighted by atomic mass is 10.5. The fraction of sp³-hybridized carbons (Fsp3) is 0.400. The third kappa shape index (κ3) is 2.58. The third-order valence-corrected chi connectivity index (χ3v) is 1.41. The molecule has 1 atom stereocenters. The molecule has 0 aliphatic heterocycles. The quantitative estimate of drug-likeness (QED) is 0.712. The Kier molecular flexibility index (Phi) is 3.16. The van der Waals surface area contributed by atoms with Crippen LogP contribution in [0.25, 0.3) is 0 Å². The van der Waals surface area contributed by atoms with E-state index in [0.717, 1.165) is 0 Å². The Hall–Kier alpha value is -0.970. The number of aromatic nitrogens is 1. The molecule has 6 nitrogen and oxygen atoms in total. The summed E-state index contributed by atoms with van der Waals surface area (Å²) >= 11 is 0. The molecule has 0 amide bonds. The molecule has 1 aromatic rings. The number of nitrogens with zero attached hydrogens (tertiary/aromatic N) is 1. The molecule has 0 saturated carbocycles. The molecule has 0 fully saturated rings. The van der Waals surface area contributed by atoms with E-state index in [0.29, 0.717) is 11.6 Å². The zero-order valence-corrected chi connectivity index (χ0v) is 7.15. The maximum absolute atomic E-state index is 10.1. The van der Waals surface area contributed by atoms with Crippen molar-refractivity contribution in [2.45, 2.75) is 6.61 Å².